The zero-order valence-corrected chi connectivity index (χ0v) is 17.4. The van der Waals surface area contributed by atoms with Gasteiger partial charge >= 0.3 is 12.1 Å². The van der Waals surface area contributed by atoms with Gasteiger partial charge in [0.2, 0.25) is 0 Å². The number of carboxylic acid groups (broad SMARTS) is 2. The van der Waals surface area contributed by atoms with Crippen LogP contribution in [-0.2, 0) is 20.8 Å². The molecule has 2 heterocycles. The fraction of sp³-hybridized carbons (Fsp3) is 0.0952. The summed E-state index contributed by atoms with van der Waals surface area (Å²) in [5.74, 6) is -2.84. The molecule has 2 aromatic carbocycles. The summed E-state index contributed by atoms with van der Waals surface area (Å²) >= 11 is 6.09. The highest BCUT2D eigenvalue weighted by atomic mass is 32.2. The van der Waals surface area contributed by atoms with Crippen molar-refractivity contribution in [1.29, 1.82) is 0 Å². The van der Waals surface area contributed by atoms with Crippen molar-refractivity contribution in [2.45, 2.75) is 12.5 Å². The standard InChI is InChI=1S/C21H14N2O6S2/c24-17-15(12-8-4-5-9-13(12)22(17)20(28)29)16-18(25)23(21(30)31-16)14(19(26)27)10-11-6-2-1-3-7-11/h1-9,14H,10H2,(H,26,27)(H,28,29). The Morgan fingerprint density at radius 2 is 1.61 bits per heavy atom. The number of aliphatic carboxylic acids is 1. The van der Waals surface area contributed by atoms with Crippen LogP contribution in [0.25, 0.3) is 5.57 Å². The number of carbonyl (C=O) groups is 4. The second-order valence-corrected chi connectivity index (χ2v) is 8.38. The van der Waals surface area contributed by atoms with E-state index in [-0.39, 0.29) is 32.5 Å². The molecule has 3 amide bonds. The van der Waals surface area contributed by atoms with Gasteiger partial charge in [-0.15, -0.1) is 0 Å². The number of rotatable bonds is 4. The molecule has 1 atom stereocenters. The van der Waals surface area contributed by atoms with Crippen LogP contribution in [0.1, 0.15) is 11.1 Å². The first-order valence-corrected chi connectivity index (χ1v) is 10.3. The van der Waals surface area contributed by atoms with Crippen LogP contribution in [0.15, 0.2) is 59.5 Å². The van der Waals surface area contributed by atoms with Gasteiger partial charge in [-0.1, -0.05) is 72.5 Å². The third-order valence-corrected chi connectivity index (χ3v) is 6.32. The van der Waals surface area contributed by atoms with Crippen LogP contribution in [0, 0.1) is 0 Å². The third kappa shape index (κ3) is 3.49. The average Bonchev–Trinajstić information content (AvgIpc) is 3.19. The lowest BCUT2D eigenvalue weighted by Gasteiger charge is -2.23. The largest absolute Gasteiger partial charge is 0.480 e. The van der Waals surface area contributed by atoms with E-state index in [2.05, 4.69) is 0 Å². The van der Waals surface area contributed by atoms with Crippen LogP contribution in [0.4, 0.5) is 10.5 Å². The van der Waals surface area contributed by atoms with Crippen molar-refractivity contribution in [3.8, 4) is 0 Å². The number of hydrogen-bond acceptors (Lipinski definition) is 6. The van der Waals surface area contributed by atoms with E-state index >= 15 is 0 Å². The Kier molecular flexibility index (Phi) is 5.34. The maximum atomic E-state index is 13.2. The fourth-order valence-electron chi connectivity index (χ4n) is 3.55. The summed E-state index contributed by atoms with van der Waals surface area (Å²) in [5, 5.41) is 19.2. The number of amides is 3. The normalized spacial score (nSPS) is 19.0. The van der Waals surface area contributed by atoms with Gasteiger partial charge in [0, 0.05) is 12.0 Å². The molecule has 10 heteroatoms. The van der Waals surface area contributed by atoms with E-state index in [1.807, 2.05) is 0 Å². The molecule has 0 aliphatic carbocycles. The number of carboxylic acids is 1. The van der Waals surface area contributed by atoms with Gasteiger partial charge < -0.3 is 10.2 Å². The molecule has 1 fully saturated rings. The van der Waals surface area contributed by atoms with Gasteiger partial charge in [0.1, 0.15) is 10.4 Å². The Morgan fingerprint density at radius 1 is 0.968 bits per heavy atom. The molecule has 2 aliphatic heterocycles. The van der Waals surface area contributed by atoms with Crippen LogP contribution < -0.4 is 4.90 Å². The molecule has 0 bridgehead atoms. The third-order valence-electron chi connectivity index (χ3n) is 4.92. The summed E-state index contributed by atoms with van der Waals surface area (Å²) < 4.78 is -0.00473. The van der Waals surface area contributed by atoms with Gasteiger partial charge in [0.15, 0.2) is 0 Å². The average molecular weight is 454 g/mol. The van der Waals surface area contributed by atoms with E-state index < -0.39 is 29.9 Å². The molecule has 156 valence electrons. The quantitative estimate of drug-likeness (QED) is 0.535. The fourth-order valence-corrected chi connectivity index (χ4v) is 4.98. The van der Waals surface area contributed by atoms with E-state index in [0.717, 1.165) is 16.7 Å². The van der Waals surface area contributed by atoms with Gasteiger partial charge in [-0.25, -0.2) is 14.5 Å². The van der Waals surface area contributed by atoms with E-state index in [1.54, 1.807) is 42.5 Å². The number of fused-ring (bicyclic) bond motifs is 1. The SMILES string of the molecule is O=C(O)C(Cc1ccccc1)N1C(=O)C(=C2C(=O)N(C(=O)O)c3ccccc32)SC1=S. The summed E-state index contributed by atoms with van der Waals surface area (Å²) in [4.78, 5) is 51.2. The molecule has 0 saturated carbocycles. The maximum Gasteiger partial charge on any atom is 0.419 e. The Morgan fingerprint density at radius 3 is 2.26 bits per heavy atom. The number of imide groups is 1. The van der Waals surface area contributed by atoms with Crippen molar-refractivity contribution >= 4 is 63.4 Å². The Labute approximate surface area is 185 Å². The zero-order chi connectivity index (χ0) is 22.3. The van der Waals surface area contributed by atoms with Crippen molar-refractivity contribution in [2.75, 3.05) is 4.90 Å². The maximum absolute atomic E-state index is 13.2. The molecular formula is C21H14N2O6S2. The molecule has 4 rings (SSSR count). The molecule has 2 N–H and O–H groups in total. The Bertz CT molecular complexity index is 1180. The number of para-hydroxylation sites is 1. The first kappa shape index (κ1) is 20.8. The highest BCUT2D eigenvalue weighted by molar-refractivity contribution is 8.26. The van der Waals surface area contributed by atoms with Crippen LogP contribution in [0.2, 0.25) is 0 Å². The first-order chi connectivity index (χ1) is 14.8. The molecule has 31 heavy (non-hydrogen) atoms. The monoisotopic (exact) mass is 454 g/mol. The molecule has 0 radical (unpaired) electrons. The van der Waals surface area contributed by atoms with Crippen molar-refractivity contribution in [3.63, 3.8) is 0 Å². The predicted molar refractivity (Wildman–Crippen MR) is 117 cm³/mol. The van der Waals surface area contributed by atoms with Gasteiger partial charge in [-0.3, -0.25) is 14.5 Å². The number of nitrogens with zero attached hydrogens (tertiary/aromatic N) is 2. The summed E-state index contributed by atoms with van der Waals surface area (Å²) in [7, 11) is 0. The van der Waals surface area contributed by atoms with E-state index in [0.29, 0.717) is 10.5 Å². The van der Waals surface area contributed by atoms with Gasteiger partial charge in [0.25, 0.3) is 11.8 Å². The van der Waals surface area contributed by atoms with Gasteiger partial charge in [-0.05, 0) is 11.6 Å². The minimum absolute atomic E-state index is 0.00473. The van der Waals surface area contributed by atoms with Crippen molar-refractivity contribution in [2.24, 2.45) is 0 Å². The molecule has 2 aliphatic rings. The highest BCUT2D eigenvalue weighted by Gasteiger charge is 2.46. The summed E-state index contributed by atoms with van der Waals surface area (Å²) in [5.41, 5.74) is 1.03. The van der Waals surface area contributed by atoms with Crippen LogP contribution in [-0.4, -0.2) is 49.4 Å². The van der Waals surface area contributed by atoms with Crippen molar-refractivity contribution < 1.29 is 29.4 Å². The van der Waals surface area contributed by atoms with Crippen molar-refractivity contribution in [3.05, 3.63) is 70.6 Å². The molecule has 0 spiro atoms. The van der Waals surface area contributed by atoms with Gasteiger partial charge in [-0.2, -0.15) is 0 Å². The molecule has 1 saturated heterocycles. The smallest absolute Gasteiger partial charge is 0.419 e. The number of anilines is 1. The summed E-state index contributed by atoms with van der Waals surface area (Å²) in [6.07, 6.45) is -1.45. The van der Waals surface area contributed by atoms with Crippen LogP contribution >= 0.6 is 24.0 Å². The number of carbonyl (C=O) groups excluding carboxylic acids is 2. The summed E-state index contributed by atoms with van der Waals surface area (Å²) in [6.45, 7) is 0. The lowest BCUT2D eigenvalue weighted by molar-refractivity contribution is -0.145. The molecule has 0 aromatic heterocycles. The molecular weight excluding hydrogens is 440 g/mol. The van der Waals surface area contributed by atoms with Crippen molar-refractivity contribution in [1.82, 2.24) is 4.90 Å². The molecule has 8 nitrogen and oxygen atoms in total. The van der Waals surface area contributed by atoms with Crippen LogP contribution in [0.3, 0.4) is 0 Å². The zero-order valence-electron chi connectivity index (χ0n) is 15.7. The predicted octanol–water partition coefficient (Wildman–Crippen LogP) is 2.98. The molecule has 2 aromatic rings. The van der Waals surface area contributed by atoms with Gasteiger partial charge in [0.05, 0.1) is 16.2 Å². The minimum Gasteiger partial charge on any atom is -0.480 e. The lowest BCUT2D eigenvalue weighted by Crippen LogP contribution is -2.45. The number of thioether (sulfide) groups is 1. The van der Waals surface area contributed by atoms with Crippen LogP contribution in [0.5, 0.6) is 0 Å². The number of hydrogen-bond donors (Lipinski definition) is 2. The lowest BCUT2D eigenvalue weighted by atomic mass is 10.0. The Balaban J connectivity index is 1.77. The topological polar surface area (TPSA) is 115 Å². The van der Waals surface area contributed by atoms with E-state index in [9.17, 15) is 29.4 Å². The molecule has 1 unspecified atom stereocenters. The highest BCUT2D eigenvalue weighted by Crippen LogP contribution is 2.45. The Hall–Kier alpha value is -3.50. The number of benzene rings is 2. The first-order valence-electron chi connectivity index (χ1n) is 9.04. The van der Waals surface area contributed by atoms with E-state index in [4.69, 9.17) is 12.2 Å². The second-order valence-electron chi connectivity index (χ2n) is 6.73. The summed E-state index contributed by atoms with van der Waals surface area (Å²) in [6, 6.07) is 13.7. The second kappa shape index (κ2) is 7.97. The minimum atomic E-state index is -1.48. The number of thiocarbonyl (C=S) groups is 1. The van der Waals surface area contributed by atoms with E-state index in [1.165, 1.54) is 12.1 Å².